The van der Waals surface area contributed by atoms with Gasteiger partial charge in [0.1, 0.15) is 5.28 Å². The van der Waals surface area contributed by atoms with E-state index in [4.69, 9.17) is 15.5 Å². The molecule has 4 nitrogen and oxygen atoms in total. The molecule has 12 heavy (non-hydrogen) atoms. The Morgan fingerprint density at radius 1 is 1.67 bits per heavy atom. The van der Waals surface area contributed by atoms with Gasteiger partial charge in [0.2, 0.25) is 0 Å². The van der Waals surface area contributed by atoms with Crippen molar-refractivity contribution in [3.05, 3.63) is 0 Å². The van der Waals surface area contributed by atoms with E-state index < -0.39 is 12.9 Å². The summed E-state index contributed by atoms with van der Waals surface area (Å²) < 4.78 is 10.9. The Balaban J connectivity index is 2.44. The van der Waals surface area contributed by atoms with E-state index >= 15 is 0 Å². The molecule has 0 radical (unpaired) electrons. The summed E-state index contributed by atoms with van der Waals surface area (Å²) in [4.78, 5) is 17.7. The van der Waals surface area contributed by atoms with Crippen LogP contribution in [0.15, 0.2) is 0 Å². The van der Waals surface area contributed by atoms with Crippen LogP contribution in [0.25, 0.3) is 0 Å². The molecule has 0 aromatic rings. The normalized spacial score (nSPS) is 35.2. The number of hydrogen-bond acceptors (Lipinski definition) is 2. The third-order valence-corrected chi connectivity index (χ3v) is 4.20. The van der Waals surface area contributed by atoms with Crippen LogP contribution in [0.3, 0.4) is 0 Å². The molecule has 1 saturated carbocycles. The Hall–Kier alpha value is 0.110. The summed E-state index contributed by atoms with van der Waals surface area (Å²) in [7, 11) is -4.06. The van der Waals surface area contributed by atoms with Gasteiger partial charge < -0.3 is 15.5 Å². The summed E-state index contributed by atoms with van der Waals surface area (Å²) in [5, 5.41) is -1.18. The second kappa shape index (κ2) is 3.11. The molecule has 2 unspecified atom stereocenters. The molecule has 0 aliphatic heterocycles. The Bertz CT molecular complexity index is 215. The summed E-state index contributed by atoms with van der Waals surface area (Å²) in [5.41, 5.74) is 5.55. The topological polar surface area (TPSA) is 83.6 Å². The molecule has 0 bridgehead atoms. The molecule has 1 fully saturated rings. The summed E-state index contributed by atoms with van der Waals surface area (Å²) in [5.74, 6) is 0.0401. The minimum absolute atomic E-state index is 0.0401. The van der Waals surface area contributed by atoms with E-state index in [0.717, 1.165) is 19.3 Å². The van der Waals surface area contributed by atoms with E-state index in [2.05, 4.69) is 6.92 Å². The summed E-state index contributed by atoms with van der Waals surface area (Å²) >= 11 is 0. The van der Waals surface area contributed by atoms with Gasteiger partial charge in [-0.2, -0.15) is 0 Å². The van der Waals surface area contributed by atoms with Crippen molar-refractivity contribution in [2.45, 2.75) is 37.9 Å². The van der Waals surface area contributed by atoms with Gasteiger partial charge in [0, 0.05) is 0 Å². The molecule has 0 spiro atoms. The first-order valence-electron chi connectivity index (χ1n) is 4.26. The van der Waals surface area contributed by atoms with Gasteiger partial charge in [-0.25, -0.2) is 0 Å². The maximum Gasteiger partial charge on any atom is 0.345 e. The van der Waals surface area contributed by atoms with Gasteiger partial charge in [-0.15, -0.1) is 0 Å². The Kier molecular flexibility index (Phi) is 2.64. The second-order valence-electron chi connectivity index (χ2n) is 3.58. The lowest BCUT2D eigenvalue weighted by Gasteiger charge is -2.12. The highest BCUT2D eigenvalue weighted by Crippen LogP contribution is 2.66. The first-order valence-corrected chi connectivity index (χ1v) is 5.87. The number of hydrogen-bond donors (Lipinski definition) is 3. The van der Waals surface area contributed by atoms with Crippen LogP contribution in [0, 0.1) is 5.92 Å². The van der Waals surface area contributed by atoms with Crippen LogP contribution in [-0.4, -0.2) is 15.1 Å². The van der Waals surface area contributed by atoms with E-state index in [1.807, 2.05) is 0 Å². The fourth-order valence-corrected chi connectivity index (χ4v) is 2.56. The smallest absolute Gasteiger partial charge is 0.323 e. The lowest BCUT2D eigenvalue weighted by atomic mass is 10.2. The fourth-order valence-electron chi connectivity index (χ4n) is 1.50. The van der Waals surface area contributed by atoms with Crippen LogP contribution in [0.5, 0.6) is 0 Å². The Labute approximate surface area is 72.3 Å². The van der Waals surface area contributed by atoms with Crippen molar-refractivity contribution in [2.75, 3.05) is 0 Å². The maximum absolute atomic E-state index is 10.9. The molecule has 5 heteroatoms. The van der Waals surface area contributed by atoms with Crippen LogP contribution in [0.2, 0.25) is 0 Å². The summed E-state index contributed by atoms with van der Waals surface area (Å²) in [6.45, 7) is 2.05. The van der Waals surface area contributed by atoms with Crippen molar-refractivity contribution in [1.29, 1.82) is 0 Å². The van der Waals surface area contributed by atoms with Gasteiger partial charge >= 0.3 is 7.60 Å². The number of unbranched alkanes of at least 4 members (excludes halogenated alkanes) is 1. The van der Waals surface area contributed by atoms with Gasteiger partial charge in [-0.05, 0) is 18.8 Å². The highest BCUT2D eigenvalue weighted by Gasteiger charge is 2.62. The average Bonchev–Trinajstić information content (AvgIpc) is 2.58. The monoisotopic (exact) mass is 193 g/mol. The standard InChI is InChI=1S/C7H16NO3P/c1-2-3-4-6-5-7(6,8)12(9,10)11/h6H,2-5,8H2,1H3,(H2,9,10,11). The SMILES string of the molecule is CCCCC1CC1(N)P(=O)(O)O. The highest BCUT2D eigenvalue weighted by atomic mass is 31.2. The van der Waals surface area contributed by atoms with Crippen molar-refractivity contribution in [3.8, 4) is 0 Å². The predicted octanol–water partition coefficient (Wildman–Crippen LogP) is 1.03. The quantitative estimate of drug-likeness (QED) is 0.582. The molecule has 72 valence electrons. The van der Waals surface area contributed by atoms with Crippen molar-refractivity contribution >= 4 is 7.60 Å². The zero-order valence-corrected chi connectivity index (χ0v) is 8.13. The minimum Gasteiger partial charge on any atom is -0.323 e. The molecule has 2 atom stereocenters. The van der Waals surface area contributed by atoms with Gasteiger partial charge in [0.15, 0.2) is 0 Å². The molecule has 4 N–H and O–H groups in total. The van der Waals surface area contributed by atoms with Gasteiger partial charge in [0.05, 0.1) is 0 Å². The van der Waals surface area contributed by atoms with Crippen LogP contribution in [-0.2, 0) is 4.57 Å². The lowest BCUT2D eigenvalue weighted by Crippen LogP contribution is -2.24. The molecule has 0 aromatic carbocycles. The van der Waals surface area contributed by atoms with E-state index in [1.54, 1.807) is 0 Å². The summed E-state index contributed by atoms with van der Waals surface area (Å²) in [6, 6.07) is 0. The first kappa shape index (κ1) is 10.2. The van der Waals surface area contributed by atoms with E-state index in [-0.39, 0.29) is 5.92 Å². The van der Waals surface area contributed by atoms with Crippen LogP contribution in [0.1, 0.15) is 32.6 Å². The molecule has 0 saturated heterocycles. The van der Waals surface area contributed by atoms with Crippen molar-refractivity contribution in [2.24, 2.45) is 11.7 Å². The van der Waals surface area contributed by atoms with E-state index in [0.29, 0.717) is 6.42 Å². The molecule has 1 aliphatic carbocycles. The minimum atomic E-state index is -4.06. The third kappa shape index (κ3) is 1.72. The Morgan fingerprint density at radius 2 is 2.25 bits per heavy atom. The largest absolute Gasteiger partial charge is 0.345 e. The highest BCUT2D eigenvalue weighted by molar-refractivity contribution is 7.54. The average molecular weight is 193 g/mol. The molecule has 1 aliphatic rings. The lowest BCUT2D eigenvalue weighted by molar-refractivity contribution is 0.349. The van der Waals surface area contributed by atoms with Crippen molar-refractivity contribution in [1.82, 2.24) is 0 Å². The maximum atomic E-state index is 10.9. The Morgan fingerprint density at radius 3 is 2.58 bits per heavy atom. The zero-order valence-electron chi connectivity index (χ0n) is 7.23. The third-order valence-electron chi connectivity index (χ3n) is 2.57. The fraction of sp³-hybridized carbons (Fsp3) is 1.00. The van der Waals surface area contributed by atoms with Crippen molar-refractivity contribution < 1.29 is 14.4 Å². The molecule has 0 aromatic heterocycles. The second-order valence-corrected chi connectivity index (χ2v) is 5.50. The van der Waals surface area contributed by atoms with Crippen molar-refractivity contribution in [3.63, 3.8) is 0 Å². The van der Waals surface area contributed by atoms with E-state index in [9.17, 15) is 4.57 Å². The van der Waals surface area contributed by atoms with Gasteiger partial charge in [0.25, 0.3) is 0 Å². The molecular weight excluding hydrogens is 177 g/mol. The summed E-state index contributed by atoms with van der Waals surface area (Å²) in [6.07, 6.45) is 3.38. The van der Waals surface area contributed by atoms with Crippen LogP contribution >= 0.6 is 7.60 Å². The van der Waals surface area contributed by atoms with Gasteiger partial charge in [-0.1, -0.05) is 19.8 Å². The number of nitrogens with two attached hydrogens (primary N) is 1. The van der Waals surface area contributed by atoms with Crippen LogP contribution < -0.4 is 5.73 Å². The molecule has 1 rings (SSSR count). The van der Waals surface area contributed by atoms with Crippen LogP contribution in [0.4, 0.5) is 0 Å². The van der Waals surface area contributed by atoms with E-state index in [1.165, 1.54) is 0 Å². The molecule has 0 heterocycles. The zero-order chi connectivity index (χ0) is 9.41. The molecular formula is C7H16NO3P. The predicted molar refractivity (Wildman–Crippen MR) is 46.6 cm³/mol. The molecule has 0 amide bonds. The number of rotatable bonds is 4. The first-order chi connectivity index (χ1) is 5.42. The van der Waals surface area contributed by atoms with Gasteiger partial charge in [-0.3, -0.25) is 4.57 Å².